The second-order valence-corrected chi connectivity index (χ2v) is 6.50. The van der Waals surface area contributed by atoms with Gasteiger partial charge >= 0.3 is 12.0 Å². The van der Waals surface area contributed by atoms with Crippen molar-refractivity contribution < 1.29 is 24.0 Å². The van der Waals surface area contributed by atoms with Crippen molar-refractivity contribution in [1.82, 2.24) is 10.6 Å². The molecule has 1 aromatic carbocycles. The molecule has 148 valence electrons. The predicted octanol–water partition coefficient (Wildman–Crippen LogP) is 1.55. The summed E-state index contributed by atoms with van der Waals surface area (Å²) in [7, 11) is 0. The number of carbonyl (C=O) groups is 3. The van der Waals surface area contributed by atoms with E-state index in [-0.39, 0.29) is 28.8 Å². The quantitative estimate of drug-likeness (QED) is 0.257. The van der Waals surface area contributed by atoms with Crippen LogP contribution >= 0.6 is 0 Å². The van der Waals surface area contributed by atoms with E-state index in [1.54, 1.807) is 19.1 Å². The number of rotatable bonds is 5. The van der Waals surface area contributed by atoms with E-state index in [2.05, 4.69) is 10.6 Å². The lowest BCUT2D eigenvalue weighted by atomic mass is 9.97. The van der Waals surface area contributed by atoms with E-state index in [1.165, 1.54) is 12.1 Å². The number of amides is 3. The van der Waals surface area contributed by atoms with Gasteiger partial charge in [0.05, 0.1) is 23.0 Å². The van der Waals surface area contributed by atoms with Crippen LogP contribution in [0.15, 0.2) is 23.9 Å². The van der Waals surface area contributed by atoms with Crippen LogP contribution in [0.2, 0.25) is 0 Å². The molecule has 3 amide bonds. The Kier molecular flexibility index (Phi) is 5.57. The number of urea groups is 1. The molecule has 1 atom stereocenters. The van der Waals surface area contributed by atoms with Crippen LogP contribution in [-0.2, 0) is 14.3 Å². The molecule has 2 aliphatic rings. The van der Waals surface area contributed by atoms with E-state index in [0.717, 1.165) is 12.8 Å². The van der Waals surface area contributed by atoms with Crippen LogP contribution in [0.3, 0.4) is 0 Å². The first kappa shape index (κ1) is 19.3. The highest BCUT2D eigenvalue weighted by Crippen LogP contribution is 2.30. The SMILES string of the molecule is CCOC(=O)C1CCCN(c2ccc([N+](=O)[O-])c(/C=C3/NC(=O)NC3=O)c2)C1. The lowest BCUT2D eigenvalue weighted by Gasteiger charge is -2.33. The molecule has 2 heterocycles. The Morgan fingerprint density at radius 1 is 1.39 bits per heavy atom. The number of hydrogen-bond donors (Lipinski definition) is 2. The van der Waals surface area contributed by atoms with Crippen molar-refractivity contribution in [2.75, 3.05) is 24.6 Å². The third kappa shape index (κ3) is 4.11. The van der Waals surface area contributed by atoms with Gasteiger partial charge in [-0.15, -0.1) is 0 Å². The maximum Gasteiger partial charge on any atom is 0.326 e. The number of esters is 1. The average molecular weight is 388 g/mol. The van der Waals surface area contributed by atoms with Gasteiger partial charge in [-0.2, -0.15) is 0 Å². The van der Waals surface area contributed by atoms with Crippen LogP contribution in [0.4, 0.5) is 16.2 Å². The molecule has 0 radical (unpaired) electrons. The molecule has 10 nitrogen and oxygen atoms in total. The fourth-order valence-corrected chi connectivity index (χ4v) is 3.32. The van der Waals surface area contributed by atoms with Gasteiger partial charge in [0.15, 0.2) is 0 Å². The van der Waals surface area contributed by atoms with Crippen LogP contribution < -0.4 is 15.5 Å². The second-order valence-electron chi connectivity index (χ2n) is 6.50. The summed E-state index contributed by atoms with van der Waals surface area (Å²) in [6.45, 7) is 3.22. The monoisotopic (exact) mass is 388 g/mol. The molecular formula is C18H20N4O6. The van der Waals surface area contributed by atoms with Crippen molar-refractivity contribution in [2.45, 2.75) is 19.8 Å². The highest BCUT2D eigenvalue weighted by atomic mass is 16.6. The molecule has 1 unspecified atom stereocenters. The molecule has 1 aromatic rings. The minimum absolute atomic E-state index is 0.0618. The van der Waals surface area contributed by atoms with E-state index < -0.39 is 16.9 Å². The van der Waals surface area contributed by atoms with Crippen LogP contribution in [0, 0.1) is 16.0 Å². The van der Waals surface area contributed by atoms with Gasteiger partial charge in [-0.25, -0.2) is 4.79 Å². The molecule has 0 aliphatic carbocycles. The molecule has 10 heteroatoms. The minimum atomic E-state index is -0.677. The number of nitrogens with zero attached hydrogens (tertiary/aromatic N) is 2. The van der Waals surface area contributed by atoms with Crippen LogP contribution in [0.25, 0.3) is 6.08 Å². The van der Waals surface area contributed by atoms with Crippen LogP contribution in [0.5, 0.6) is 0 Å². The predicted molar refractivity (Wildman–Crippen MR) is 99.3 cm³/mol. The lowest BCUT2D eigenvalue weighted by Crippen LogP contribution is -2.39. The van der Waals surface area contributed by atoms with Gasteiger partial charge in [0, 0.05) is 24.8 Å². The normalized spacial score (nSPS) is 20.7. The van der Waals surface area contributed by atoms with Crippen LogP contribution in [0.1, 0.15) is 25.3 Å². The zero-order valence-corrected chi connectivity index (χ0v) is 15.3. The maximum absolute atomic E-state index is 12.1. The van der Waals surface area contributed by atoms with E-state index in [0.29, 0.717) is 25.4 Å². The Labute approximate surface area is 160 Å². The van der Waals surface area contributed by atoms with Crippen molar-refractivity contribution in [2.24, 2.45) is 5.92 Å². The van der Waals surface area contributed by atoms with Gasteiger partial charge in [0.1, 0.15) is 5.70 Å². The van der Waals surface area contributed by atoms with Gasteiger partial charge in [0.2, 0.25) is 0 Å². The summed E-state index contributed by atoms with van der Waals surface area (Å²) in [6.07, 6.45) is 2.79. The molecule has 28 heavy (non-hydrogen) atoms. The first-order valence-electron chi connectivity index (χ1n) is 8.93. The number of carbonyl (C=O) groups excluding carboxylic acids is 3. The van der Waals surface area contributed by atoms with Gasteiger partial charge in [-0.1, -0.05) is 0 Å². The van der Waals surface area contributed by atoms with Gasteiger partial charge in [-0.3, -0.25) is 25.0 Å². The Hall–Kier alpha value is -3.43. The maximum atomic E-state index is 12.1. The van der Waals surface area contributed by atoms with Gasteiger partial charge in [0.25, 0.3) is 11.6 Å². The minimum Gasteiger partial charge on any atom is -0.466 e. The smallest absolute Gasteiger partial charge is 0.326 e. The summed E-state index contributed by atoms with van der Waals surface area (Å²) < 4.78 is 5.10. The third-order valence-corrected chi connectivity index (χ3v) is 4.63. The Bertz CT molecular complexity index is 866. The van der Waals surface area contributed by atoms with E-state index >= 15 is 0 Å². The first-order chi connectivity index (χ1) is 13.4. The van der Waals surface area contributed by atoms with Gasteiger partial charge < -0.3 is 15.0 Å². The molecule has 3 rings (SSSR count). The number of nitro groups is 1. The summed E-state index contributed by atoms with van der Waals surface area (Å²) in [4.78, 5) is 47.8. The molecule has 2 saturated heterocycles. The third-order valence-electron chi connectivity index (χ3n) is 4.63. The molecule has 0 bridgehead atoms. The zero-order chi connectivity index (χ0) is 20.3. The summed E-state index contributed by atoms with van der Waals surface area (Å²) in [6, 6.07) is 3.87. The van der Waals surface area contributed by atoms with Crippen molar-refractivity contribution in [1.29, 1.82) is 0 Å². The highest BCUT2D eigenvalue weighted by Gasteiger charge is 2.28. The Balaban J connectivity index is 1.89. The molecule has 2 aliphatic heterocycles. The van der Waals surface area contributed by atoms with Crippen molar-refractivity contribution in [3.05, 3.63) is 39.6 Å². The number of piperidine rings is 1. The number of nitrogens with one attached hydrogen (secondary N) is 2. The first-order valence-corrected chi connectivity index (χ1v) is 8.93. The molecule has 2 fully saturated rings. The number of benzene rings is 1. The summed E-state index contributed by atoms with van der Waals surface area (Å²) >= 11 is 0. The molecule has 0 aromatic heterocycles. The summed E-state index contributed by atoms with van der Waals surface area (Å²) in [5.74, 6) is -1.16. The number of ether oxygens (including phenoxy) is 1. The molecule has 0 spiro atoms. The van der Waals surface area contributed by atoms with E-state index in [4.69, 9.17) is 4.74 Å². The number of hydrogen-bond acceptors (Lipinski definition) is 7. The Morgan fingerprint density at radius 2 is 2.18 bits per heavy atom. The fraction of sp³-hybridized carbons (Fsp3) is 0.389. The van der Waals surface area contributed by atoms with Crippen molar-refractivity contribution in [3.63, 3.8) is 0 Å². The van der Waals surface area contributed by atoms with Crippen LogP contribution in [-0.4, -0.2) is 42.5 Å². The summed E-state index contributed by atoms with van der Waals surface area (Å²) in [5.41, 5.74) is 0.627. The number of anilines is 1. The molecule has 2 N–H and O–H groups in total. The standard InChI is InChI=1S/C18H20N4O6/c1-2-28-17(24)11-4-3-7-21(10-11)13-5-6-15(22(26)27)12(8-13)9-14-16(23)20-18(25)19-14/h5-6,8-9,11H,2-4,7,10H2,1H3,(H2,19,20,23,25)/b14-9+. The van der Waals surface area contributed by atoms with E-state index in [1.807, 2.05) is 4.90 Å². The van der Waals surface area contributed by atoms with E-state index in [9.17, 15) is 24.5 Å². The molecule has 0 saturated carbocycles. The van der Waals surface area contributed by atoms with Crippen molar-refractivity contribution >= 4 is 35.4 Å². The summed E-state index contributed by atoms with van der Waals surface area (Å²) in [5, 5.41) is 15.7. The fourth-order valence-electron chi connectivity index (χ4n) is 3.32. The largest absolute Gasteiger partial charge is 0.466 e. The highest BCUT2D eigenvalue weighted by molar-refractivity contribution is 6.14. The zero-order valence-electron chi connectivity index (χ0n) is 15.3. The van der Waals surface area contributed by atoms with Gasteiger partial charge in [-0.05, 0) is 38.0 Å². The second kappa shape index (κ2) is 8.07. The number of nitro benzene ring substituents is 1. The van der Waals surface area contributed by atoms with Crippen molar-refractivity contribution in [3.8, 4) is 0 Å². The topological polar surface area (TPSA) is 131 Å². The average Bonchev–Trinajstić information content (AvgIpc) is 2.98. The molecular weight excluding hydrogens is 368 g/mol. The number of imide groups is 1. The Morgan fingerprint density at radius 3 is 2.82 bits per heavy atom. The lowest BCUT2D eigenvalue weighted by molar-refractivity contribution is -0.385.